The van der Waals surface area contributed by atoms with Crippen molar-refractivity contribution in [3.05, 3.63) is 84.5 Å². The van der Waals surface area contributed by atoms with E-state index in [0.29, 0.717) is 51.1 Å². The van der Waals surface area contributed by atoms with Crippen LogP contribution in [0, 0.1) is 0 Å². The summed E-state index contributed by atoms with van der Waals surface area (Å²) >= 11 is 1.23. The van der Waals surface area contributed by atoms with Crippen LogP contribution < -0.4 is 29.1 Å². The van der Waals surface area contributed by atoms with Crippen molar-refractivity contribution in [2.45, 2.75) is 40.7 Å². The second kappa shape index (κ2) is 12.1. The predicted octanol–water partition coefficient (Wildman–Crippen LogP) is 3.52. The number of benzene rings is 2. The number of esters is 2. The van der Waals surface area contributed by atoms with E-state index < -0.39 is 18.0 Å². The van der Waals surface area contributed by atoms with Gasteiger partial charge >= 0.3 is 11.9 Å². The zero-order chi connectivity index (χ0) is 28.1. The minimum absolute atomic E-state index is 0.184. The van der Waals surface area contributed by atoms with Crippen LogP contribution >= 0.6 is 11.3 Å². The molecular weight excluding hydrogens is 520 g/mol. The Morgan fingerprint density at radius 3 is 2.33 bits per heavy atom. The van der Waals surface area contributed by atoms with E-state index in [9.17, 15) is 14.4 Å². The van der Waals surface area contributed by atoms with E-state index in [1.807, 2.05) is 19.9 Å². The van der Waals surface area contributed by atoms with Gasteiger partial charge in [0.25, 0.3) is 5.56 Å². The maximum absolute atomic E-state index is 13.8. The lowest BCUT2D eigenvalue weighted by molar-refractivity contribution is -0.139. The molecule has 10 heteroatoms. The van der Waals surface area contributed by atoms with E-state index in [0.717, 1.165) is 5.56 Å². The first-order valence-electron chi connectivity index (χ1n) is 12.6. The van der Waals surface area contributed by atoms with Crippen LogP contribution in [0.3, 0.4) is 0 Å². The summed E-state index contributed by atoms with van der Waals surface area (Å²) in [5.74, 6) is 0.559. The number of fused-ring (bicyclic) bond motifs is 1. The van der Waals surface area contributed by atoms with Gasteiger partial charge in [-0.1, -0.05) is 29.5 Å². The Labute approximate surface area is 229 Å². The summed E-state index contributed by atoms with van der Waals surface area (Å²) in [6, 6.07) is 11.4. The van der Waals surface area contributed by atoms with Crippen molar-refractivity contribution in [2.24, 2.45) is 4.99 Å². The molecule has 1 aromatic heterocycles. The summed E-state index contributed by atoms with van der Waals surface area (Å²) < 4.78 is 24.0. The molecule has 0 bridgehead atoms. The first-order chi connectivity index (χ1) is 18.8. The fraction of sp³-hybridized carbons (Fsp3) is 0.310. The molecule has 39 heavy (non-hydrogen) atoms. The van der Waals surface area contributed by atoms with Crippen LogP contribution in [0.4, 0.5) is 0 Å². The van der Waals surface area contributed by atoms with Crippen molar-refractivity contribution in [2.75, 3.05) is 19.8 Å². The lowest BCUT2D eigenvalue weighted by Gasteiger charge is -2.25. The van der Waals surface area contributed by atoms with E-state index in [1.165, 1.54) is 22.8 Å². The standard InChI is InChI=1S/C29H30N2O7S/c1-6-35-22-14-11-20(16-23(22)36-7-2)26-25(28(34)37-8-3)17(4)30-29-31(26)27(33)24(39-29)15-19-9-12-21(13-10-19)38-18(5)32/h9-16,26H,6-8H2,1-5H3. The summed E-state index contributed by atoms with van der Waals surface area (Å²) in [7, 11) is 0. The summed E-state index contributed by atoms with van der Waals surface area (Å²) in [5.41, 5.74) is 1.87. The van der Waals surface area contributed by atoms with Crippen LogP contribution in [0.5, 0.6) is 17.2 Å². The third kappa shape index (κ3) is 5.96. The zero-order valence-electron chi connectivity index (χ0n) is 22.5. The molecule has 204 valence electrons. The fourth-order valence-electron chi connectivity index (χ4n) is 4.29. The van der Waals surface area contributed by atoms with Gasteiger partial charge in [0.2, 0.25) is 0 Å². The number of carbonyl (C=O) groups is 2. The Balaban J connectivity index is 1.88. The molecule has 2 aromatic carbocycles. The molecule has 1 atom stereocenters. The van der Waals surface area contributed by atoms with Crippen LogP contribution in [0.2, 0.25) is 0 Å². The van der Waals surface area contributed by atoms with E-state index in [-0.39, 0.29) is 17.7 Å². The molecule has 0 radical (unpaired) electrons. The number of hydrogen-bond acceptors (Lipinski definition) is 9. The number of nitrogens with zero attached hydrogens (tertiary/aromatic N) is 2. The molecule has 0 saturated heterocycles. The van der Waals surface area contributed by atoms with Gasteiger partial charge in [0.1, 0.15) is 5.75 Å². The molecule has 0 saturated carbocycles. The molecule has 2 heterocycles. The summed E-state index contributed by atoms with van der Waals surface area (Å²) in [6.45, 7) is 9.63. The van der Waals surface area contributed by atoms with Gasteiger partial charge in [-0.15, -0.1) is 0 Å². The molecule has 1 unspecified atom stereocenters. The Morgan fingerprint density at radius 2 is 1.69 bits per heavy atom. The van der Waals surface area contributed by atoms with Crippen molar-refractivity contribution in [3.63, 3.8) is 0 Å². The first-order valence-corrected chi connectivity index (χ1v) is 13.5. The van der Waals surface area contributed by atoms with Crippen molar-refractivity contribution < 1.29 is 28.5 Å². The summed E-state index contributed by atoms with van der Waals surface area (Å²) in [5, 5.41) is 0. The normalized spacial score (nSPS) is 14.9. The maximum atomic E-state index is 13.8. The summed E-state index contributed by atoms with van der Waals surface area (Å²) in [4.78, 5) is 43.2. The van der Waals surface area contributed by atoms with Gasteiger partial charge in [-0.25, -0.2) is 9.79 Å². The van der Waals surface area contributed by atoms with E-state index in [4.69, 9.17) is 18.9 Å². The lowest BCUT2D eigenvalue weighted by atomic mass is 9.95. The fourth-order valence-corrected chi connectivity index (χ4v) is 5.34. The topological polar surface area (TPSA) is 105 Å². The van der Waals surface area contributed by atoms with Gasteiger partial charge in [-0.3, -0.25) is 14.2 Å². The summed E-state index contributed by atoms with van der Waals surface area (Å²) in [6.07, 6.45) is 1.74. The Hall–Kier alpha value is -4.18. The number of carbonyl (C=O) groups excluding carboxylic acids is 2. The van der Waals surface area contributed by atoms with Crippen LogP contribution in [0.15, 0.2) is 63.5 Å². The Kier molecular flexibility index (Phi) is 8.65. The van der Waals surface area contributed by atoms with Gasteiger partial charge < -0.3 is 18.9 Å². The average molecular weight is 551 g/mol. The van der Waals surface area contributed by atoms with E-state index in [2.05, 4.69) is 4.99 Å². The minimum Gasteiger partial charge on any atom is -0.490 e. The monoisotopic (exact) mass is 550 g/mol. The molecular formula is C29H30N2O7S. The molecule has 0 aliphatic carbocycles. The third-order valence-electron chi connectivity index (χ3n) is 5.84. The minimum atomic E-state index is -0.774. The third-order valence-corrected chi connectivity index (χ3v) is 6.82. The van der Waals surface area contributed by atoms with E-state index >= 15 is 0 Å². The zero-order valence-corrected chi connectivity index (χ0v) is 23.3. The lowest BCUT2D eigenvalue weighted by Crippen LogP contribution is -2.40. The molecule has 0 spiro atoms. The largest absolute Gasteiger partial charge is 0.490 e. The second-order valence-electron chi connectivity index (χ2n) is 8.54. The number of aromatic nitrogens is 1. The molecule has 4 rings (SSSR count). The van der Waals surface area contributed by atoms with Crippen LogP contribution in [-0.2, 0) is 14.3 Å². The predicted molar refractivity (Wildman–Crippen MR) is 147 cm³/mol. The smallest absolute Gasteiger partial charge is 0.338 e. The van der Waals surface area contributed by atoms with Gasteiger partial charge in [0.15, 0.2) is 16.3 Å². The highest BCUT2D eigenvalue weighted by atomic mass is 32.1. The maximum Gasteiger partial charge on any atom is 0.338 e. The van der Waals surface area contributed by atoms with Crippen LogP contribution in [0.25, 0.3) is 6.08 Å². The molecule has 1 aliphatic rings. The number of hydrogen-bond donors (Lipinski definition) is 0. The molecule has 0 N–H and O–H groups in total. The van der Waals surface area contributed by atoms with E-state index in [1.54, 1.807) is 56.3 Å². The molecule has 3 aromatic rings. The van der Waals surface area contributed by atoms with Gasteiger partial charge in [-0.2, -0.15) is 0 Å². The highest BCUT2D eigenvalue weighted by molar-refractivity contribution is 7.07. The first kappa shape index (κ1) is 27.8. The average Bonchev–Trinajstić information content (AvgIpc) is 3.19. The Bertz CT molecular complexity index is 1600. The van der Waals surface area contributed by atoms with Crippen molar-refractivity contribution in [1.29, 1.82) is 0 Å². The van der Waals surface area contributed by atoms with Crippen molar-refractivity contribution >= 4 is 29.4 Å². The molecule has 1 aliphatic heterocycles. The molecule has 0 fully saturated rings. The number of thiazole rings is 1. The number of ether oxygens (including phenoxy) is 4. The van der Waals surface area contributed by atoms with Gasteiger partial charge in [0.05, 0.1) is 41.7 Å². The van der Waals surface area contributed by atoms with Gasteiger partial charge in [-0.05, 0) is 69.2 Å². The highest BCUT2D eigenvalue weighted by Gasteiger charge is 2.34. The molecule has 9 nitrogen and oxygen atoms in total. The van der Waals surface area contributed by atoms with Crippen molar-refractivity contribution in [1.82, 2.24) is 4.57 Å². The van der Waals surface area contributed by atoms with Gasteiger partial charge in [0, 0.05) is 6.92 Å². The van der Waals surface area contributed by atoms with Crippen LogP contribution in [-0.4, -0.2) is 36.3 Å². The Morgan fingerprint density at radius 1 is 1.00 bits per heavy atom. The molecule has 0 amide bonds. The highest BCUT2D eigenvalue weighted by Crippen LogP contribution is 2.36. The van der Waals surface area contributed by atoms with Crippen molar-refractivity contribution in [3.8, 4) is 17.2 Å². The SMILES string of the molecule is CCOC(=O)C1=C(C)N=c2sc(=Cc3ccc(OC(C)=O)cc3)c(=O)n2C1c1ccc(OCC)c(OCC)c1. The van der Waals surface area contributed by atoms with Crippen LogP contribution in [0.1, 0.15) is 51.8 Å². The second-order valence-corrected chi connectivity index (χ2v) is 9.55. The quantitative estimate of drug-likeness (QED) is 0.297. The number of allylic oxidation sites excluding steroid dienone is 1. The number of rotatable bonds is 9.